The van der Waals surface area contributed by atoms with Crippen LogP contribution in [-0.2, 0) is 4.79 Å². The van der Waals surface area contributed by atoms with Crippen molar-refractivity contribution in [1.29, 1.82) is 0 Å². The van der Waals surface area contributed by atoms with Crippen molar-refractivity contribution in [2.24, 2.45) is 5.73 Å². The van der Waals surface area contributed by atoms with Gasteiger partial charge in [0.2, 0.25) is 5.91 Å². The lowest BCUT2D eigenvalue weighted by Gasteiger charge is -2.25. The van der Waals surface area contributed by atoms with E-state index in [0.717, 1.165) is 26.2 Å². The summed E-state index contributed by atoms with van der Waals surface area (Å²) in [7, 11) is 0. The molecule has 0 aromatic heterocycles. The molecule has 1 aliphatic rings. The summed E-state index contributed by atoms with van der Waals surface area (Å²) in [6.07, 6.45) is 3.15. The molecule has 0 unspecified atom stereocenters. The van der Waals surface area contributed by atoms with Crippen LogP contribution in [0.2, 0.25) is 0 Å². The lowest BCUT2D eigenvalue weighted by molar-refractivity contribution is -0.113. The Kier molecular flexibility index (Phi) is 2.92. The SMILES string of the molecule is NC(=O)C=CN1CCNCC1. The van der Waals surface area contributed by atoms with Crippen LogP contribution in [0.5, 0.6) is 0 Å². The highest BCUT2D eigenvalue weighted by Crippen LogP contribution is 1.91. The van der Waals surface area contributed by atoms with Gasteiger partial charge in [0, 0.05) is 38.5 Å². The topological polar surface area (TPSA) is 58.4 Å². The minimum atomic E-state index is -0.386. The summed E-state index contributed by atoms with van der Waals surface area (Å²) < 4.78 is 0. The van der Waals surface area contributed by atoms with Gasteiger partial charge in [-0.05, 0) is 0 Å². The minimum absolute atomic E-state index is 0.386. The number of nitrogens with one attached hydrogen (secondary N) is 1. The molecule has 4 heteroatoms. The fourth-order valence-electron chi connectivity index (χ4n) is 1.01. The number of nitrogens with two attached hydrogens (primary N) is 1. The van der Waals surface area contributed by atoms with Crippen LogP contribution in [0.15, 0.2) is 12.3 Å². The van der Waals surface area contributed by atoms with Crippen molar-refractivity contribution < 1.29 is 4.79 Å². The monoisotopic (exact) mass is 155 g/mol. The highest BCUT2D eigenvalue weighted by molar-refractivity contribution is 5.85. The second kappa shape index (κ2) is 3.98. The van der Waals surface area contributed by atoms with E-state index in [1.165, 1.54) is 6.08 Å². The van der Waals surface area contributed by atoms with Crippen LogP contribution in [0.4, 0.5) is 0 Å². The first-order valence-electron chi connectivity index (χ1n) is 3.71. The van der Waals surface area contributed by atoms with Gasteiger partial charge >= 0.3 is 0 Å². The van der Waals surface area contributed by atoms with Crippen LogP contribution in [0, 0.1) is 0 Å². The first-order chi connectivity index (χ1) is 5.29. The summed E-state index contributed by atoms with van der Waals surface area (Å²) in [6, 6.07) is 0. The zero-order chi connectivity index (χ0) is 8.10. The zero-order valence-electron chi connectivity index (χ0n) is 6.42. The molecule has 0 spiro atoms. The molecule has 0 aromatic carbocycles. The molecule has 1 heterocycles. The van der Waals surface area contributed by atoms with Crippen LogP contribution < -0.4 is 11.1 Å². The predicted octanol–water partition coefficient (Wildman–Crippen LogP) is -1.11. The number of carbonyl (C=O) groups excluding carboxylic acids is 1. The maximum absolute atomic E-state index is 10.3. The molecule has 1 saturated heterocycles. The van der Waals surface area contributed by atoms with E-state index in [1.807, 2.05) is 0 Å². The Morgan fingerprint density at radius 3 is 2.64 bits per heavy atom. The Morgan fingerprint density at radius 2 is 2.09 bits per heavy atom. The van der Waals surface area contributed by atoms with Gasteiger partial charge in [-0.2, -0.15) is 0 Å². The summed E-state index contributed by atoms with van der Waals surface area (Å²) in [5, 5.41) is 3.21. The minimum Gasteiger partial charge on any atom is -0.375 e. The predicted molar refractivity (Wildman–Crippen MR) is 42.8 cm³/mol. The highest BCUT2D eigenvalue weighted by Gasteiger charge is 2.03. The van der Waals surface area contributed by atoms with E-state index < -0.39 is 0 Å². The van der Waals surface area contributed by atoms with Crippen LogP contribution in [-0.4, -0.2) is 37.0 Å². The van der Waals surface area contributed by atoms with Crippen molar-refractivity contribution >= 4 is 5.91 Å². The normalized spacial score (nSPS) is 19.1. The van der Waals surface area contributed by atoms with Crippen molar-refractivity contribution in [2.45, 2.75) is 0 Å². The van der Waals surface area contributed by atoms with Gasteiger partial charge in [-0.15, -0.1) is 0 Å². The maximum atomic E-state index is 10.3. The second-order valence-electron chi connectivity index (χ2n) is 2.50. The maximum Gasteiger partial charge on any atom is 0.242 e. The lowest BCUT2D eigenvalue weighted by atomic mass is 10.4. The van der Waals surface area contributed by atoms with Crippen LogP contribution in [0.1, 0.15) is 0 Å². The van der Waals surface area contributed by atoms with E-state index in [1.54, 1.807) is 6.20 Å². The Hall–Kier alpha value is -1.03. The molecule has 4 nitrogen and oxygen atoms in total. The molecule has 3 N–H and O–H groups in total. The summed E-state index contributed by atoms with van der Waals surface area (Å²) in [5.41, 5.74) is 4.94. The fourth-order valence-corrected chi connectivity index (χ4v) is 1.01. The number of nitrogens with zero attached hydrogens (tertiary/aromatic N) is 1. The number of piperazine rings is 1. The van der Waals surface area contributed by atoms with Gasteiger partial charge < -0.3 is 16.0 Å². The Balaban J connectivity index is 2.29. The molecule has 0 aromatic rings. The van der Waals surface area contributed by atoms with Gasteiger partial charge in [0.25, 0.3) is 0 Å². The number of hydrogen-bond donors (Lipinski definition) is 2. The molecular formula is C7H13N3O. The molecule has 11 heavy (non-hydrogen) atoms. The lowest BCUT2D eigenvalue weighted by Crippen LogP contribution is -2.40. The van der Waals surface area contributed by atoms with Crippen molar-refractivity contribution in [2.75, 3.05) is 26.2 Å². The number of amides is 1. The van der Waals surface area contributed by atoms with E-state index in [-0.39, 0.29) is 5.91 Å². The first-order valence-corrected chi connectivity index (χ1v) is 3.71. The average molecular weight is 155 g/mol. The smallest absolute Gasteiger partial charge is 0.242 e. The molecular weight excluding hydrogens is 142 g/mol. The molecule has 1 fully saturated rings. The number of carbonyl (C=O) groups is 1. The number of hydrogen-bond acceptors (Lipinski definition) is 3. The molecule has 0 aliphatic carbocycles. The van der Waals surface area contributed by atoms with Crippen LogP contribution >= 0.6 is 0 Å². The molecule has 1 amide bonds. The van der Waals surface area contributed by atoms with Crippen molar-refractivity contribution in [3.8, 4) is 0 Å². The van der Waals surface area contributed by atoms with Crippen LogP contribution in [0.25, 0.3) is 0 Å². The fraction of sp³-hybridized carbons (Fsp3) is 0.571. The van der Waals surface area contributed by atoms with Crippen molar-refractivity contribution in [3.05, 3.63) is 12.3 Å². The third kappa shape index (κ3) is 3.04. The van der Waals surface area contributed by atoms with Gasteiger partial charge in [0.15, 0.2) is 0 Å². The molecule has 0 atom stereocenters. The zero-order valence-corrected chi connectivity index (χ0v) is 6.42. The Morgan fingerprint density at radius 1 is 1.45 bits per heavy atom. The molecule has 62 valence electrons. The van der Waals surface area contributed by atoms with Gasteiger partial charge in [0.05, 0.1) is 0 Å². The standard InChI is InChI=1S/C7H13N3O/c8-7(11)1-4-10-5-2-9-3-6-10/h1,4,9H,2-3,5-6H2,(H2,8,11). The van der Waals surface area contributed by atoms with Crippen molar-refractivity contribution in [3.63, 3.8) is 0 Å². The third-order valence-corrected chi connectivity index (χ3v) is 1.60. The van der Waals surface area contributed by atoms with E-state index in [4.69, 9.17) is 5.73 Å². The van der Waals surface area contributed by atoms with Crippen LogP contribution in [0.3, 0.4) is 0 Å². The molecule has 1 aliphatic heterocycles. The third-order valence-electron chi connectivity index (χ3n) is 1.60. The number of primary amides is 1. The second-order valence-corrected chi connectivity index (χ2v) is 2.50. The van der Waals surface area contributed by atoms with E-state index in [0.29, 0.717) is 0 Å². The van der Waals surface area contributed by atoms with Gasteiger partial charge in [-0.25, -0.2) is 0 Å². The molecule has 0 saturated carbocycles. The van der Waals surface area contributed by atoms with Crippen molar-refractivity contribution in [1.82, 2.24) is 10.2 Å². The Labute approximate surface area is 66.0 Å². The summed E-state index contributed by atoms with van der Waals surface area (Å²) in [6.45, 7) is 3.85. The largest absolute Gasteiger partial charge is 0.375 e. The summed E-state index contributed by atoms with van der Waals surface area (Å²) in [5.74, 6) is -0.386. The van der Waals surface area contributed by atoms with Gasteiger partial charge in [0.1, 0.15) is 0 Å². The molecule has 0 radical (unpaired) electrons. The highest BCUT2D eigenvalue weighted by atomic mass is 16.1. The molecule has 0 bridgehead atoms. The average Bonchev–Trinajstić information content (AvgIpc) is 2.03. The summed E-state index contributed by atoms with van der Waals surface area (Å²) >= 11 is 0. The first kappa shape index (κ1) is 8.07. The summed E-state index contributed by atoms with van der Waals surface area (Å²) in [4.78, 5) is 12.4. The van der Waals surface area contributed by atoms with E-state index in [2.05, 4.69) is 10.2 Å². The Bertz CT molecular complexity index is 161. The van der Waals surface area contributed by atoms with Gasteiger partial charge in [-0.3, -0.25) is 4.79 Å². The van der Waals surface area contributed by atoms with Gasteiger partial charge in [-0.1, -0.05) is 0 Å². The number of rotatable bonds is 2. The van der Waals surface area contributed by atoms with E-state index in [9.17, 15) is 4.79 Å². The molecule has 1 rings (SSSR count). The van der Waals surface area contributed by atoms with E-state index >= 15 is 0 Å². The quantitative estimate of drug-likeness (QED) is 0.497.